The Bertz CT molecular complexity index is 947. The minimum atomic E-state index is -0.578. The average molecular weight is 438 g/mol. The topological polar surface area (TPSA) is 55.4 Å². The summed E-state index contributed by atoms with van der Waals surface area (Å²) in [5.41, 5.74) is 0.686. The third kappa shape index (κ3) is 5.20. The van der Waals surface area contributed by atoms with Gasteiger partial charge in [0.05, 0.1) is 21.3 Å². The lowest BCUT2D eigenvalue weighted by Gasteiger charge is -2.10. The number of hydrogen-bond acceptors (Lipinski definition) is 5. The maximum atomic E-state index is 12.5. The zero-order valence-corrected chi connectivity index (χ0v) is 16.9. The molecule has 0 aliphatic rings. The van der Waals surface area contributed by atoms with E-state index < -0.39 is 18.5 Å². The number of amides is 1. The average Bonchev–Trinajstić information content (AvgIpc) is 3.34. The van der Waals surface area contributed by atoms with Crippen LogP contribution in [0.25, 0.3) is 11.6 Å². The molecule has 27 heavy (non-hydrogen) atoms. The zero-order valence-electron chi connectivity index (χ0n) is 13.8. The first-order valence-electron chi connectivity index (χ1n) is 7.74. The van der Waals surface area contributed by atoms with Crippen molar-refractivity contribution in [2.45, 2.75) is 0 Å². The highest BCUT2D eigenvalue weighted by molar-refractivity contribution is 7.12. The molecular formula is C19H13Cl2NO3S2. The van der Waals surface area contributed by atoms with Gasteiger partial charge in [-0.15, -0.1) is 22.7 Å². The Morgan fingerprint density at radius 3 is 2.33 bits per heavy atom. The minimum Gasteiger partial charge on any atom is -0.452 e. The third-order valence-electron chi connectivity index (χ3n) is 3.40. The Hall–Kier alpha value is -2.12. The van der Waals surface area contributed by atoms with E-state index in [4.69, 9.17) is 27.9 Å². The van der Waals surface area contributed by atoms with Crippen molar-refractivity contribution in [2.24, 2.45) is 0 Å². The molecule has 2 aromatic heterocycles. The Balaban J connectivity index is 1.68. The van der Waals surface area contributed by atoms with Crippen LogP contribution in [0, 0.1) is 0 Å². The van der Waals surface area contributed by atoms with Crippen LogP contribution in [0.3, 0.4) is 0 Å². The van der Waals surface area contributed by atoms with Gasteiger partial charge in [-0.3, -0.25) is 4.79 Å². The van der Waals surface area contributed by atoms with Crippen molar-refractivity contribution in [2.75, 3.05) is 11.9 Å². The number of nitrogens with one attached hydrogen (secondary N) is 1. The second-order valence-corrected chi connectivity index (χ2v) is 8.01. The molecule has 1 amide bonds. The van der Waals surface area contributed by atoms with Crippen LogP contribution in [0.4, 0.5) is 5.69 Å². The second kappa shape index (κ2) is 9.19. The summed E-state index contributed by atoms with van der Waals surface area (Å²) in [5, 5.41) is 6.96. The minimum absolute atomic E-state index is 0.287. The lowest BCUT2D eigenvalue weighted by Crippen LogP contribution is -2.21. The van der Waals surface area contributed by atoms with Crippen LogP contribution in [-0.2, 0) is 14.3 Å². The predicted molar refractivity (Wildman–Crippen MR) is 113 cm³/mol. The molecule has 0 bridgehead atoms. The summed E-state index contributed by atoms with van der Waals surface area (Å²) >= 11 is 15.0. The summed E-state index contributed by atoms with van der Waals surface area (Å²) in [6, 6.07) is 12.4. The molecule has 8 heteroatoms. The Labute approximate surface area is 174 Å². The summed E-state index contributed by atoms with van der Waals surface area (Å²) < 4.78 is 5.20. The molecule has 0 fully saturated rings. The first-order chi connectivity index (χ1) is 13.0. The molecule has 0 radical (unpaired) electrons. The summed E-state index contributed by atoms with van der Waals surface area (Å²) in [6.07, 6.45) is 1.75. The van der Waals surface area contributed by atoms with E-state index in [9.17, 15) is 9.59 Å². The Morgan fingerprint density at radius 2 is 1.70 bits per heavy atom. The third-order valence-corrected chi connectivity index (χ3v) is 5.75. The van der Waals surface area contributed by atoms with Gasteiger partial charge in [0, 0.05) is 9.75 Å². The molecule has 2 heterocycles. The number of anilines is 1. The molecule has 3 rings (SSSR count). The monoisotopic (exact) mass is 437 g/mol. The first kappa shape index (κ1) is 19.6. The molecule has 0 saturated heterocycles. The number of para-hydroxylation sites is 1. The largest absolute Gasteiger partial charge is 0.452 e. The van der Waals surface area contributed by atoms with Crippen molar-refractivity contribution in [3.05, 3.63) is 73.0 Å². The summed E-state index contributed by atoms with van der Waals surface area (Å²) in [5.74, 6) is -1.11. The molecule has 0 aliphatic heterocycles. The van der Waals surface area contributed by atoms with E-state index in [1.165, 1.54) is 22.7 Å². The summed E-state index contributed by atoms with van der Waals surface area (Å²) in [6.45, 7) is -0.451. The predicted octanol–water partition coefficient (Wildman–Crippen LogP) is 5.84. The van der Waals surface area contributed by atoms with Crippen LogP contribution in [-0.4, -0.2) is 18.5 Å². The standard InChI is InChI=1S/C19H13Cl2NO3S2/c20-14-5-1-6-15(21)18(14)22-17(23)11-25-19(24)13(16-7-3-9-27-16)10-12-4-2-8-26-12/h1-10H,11H2,(H,22,23)/b13-10+. The number of hydrogen-bond donors (Lipinski definition) is 1. The van der Waals surface area contributed by atoms with Crippen LogP contribution in [0.2, 0.25) is 10.0 Å². The van der Waals surface area contributed by atoms with Crippen LogP contribution >= 0.6 is 45.9 Å². The molecule has 138 valence electrons. The van der Waals surface area contributed by atoms with Gasteiger partial charge < -0.3 is 10.1 Å². The highest BCUT2D eigenvalue weighted by Gasteiger charge is 2.17. The first-order valence-corrected chi connectivity index (χ1v) is 10.3. The number of carbonyl (C=O) groups excluding carboxylic acids is 2. The second-order valence-electron chi connectivity index (χ2n) is 5.27. The van der Waals surface area contributed by atoms with E-state index >= 15 is 0 Å². The van der Waals surface area contributed by atoms with Crippen LogP contribution < -0.4 is 5.32 Å². The molecular weight excluding hydrogens is 425 g/mol. The maximum absolute atomic E-state index is 12.5. The number of ether oxygens (including phenoxy) is 1. The van der Waals surface area contributed by atoms with Crippen molar-refractivity contribution in [3.8, 4) is 0 Å². The normalized spacial score (nSPS) is 11.3. The lowest BCUT2D eigenvalue weighted by molar-refractivity contribution is -0.141. The van der Waals surface area contributed by atoms with Gasteiger partial charge in [0.1, 0.15) is 0 Å². The number of carbonyl (C=O) groups is 2. The maximum Gasteiger partial charge on any atom is 0.340 e. The molecule has 1 aromatic carbocycles. The van der Waals surface area contributed by atoms with Crippen LogP contribution in [0.15, 0.2) is 53.2 Å². The van der Waals surface area contributed by atoms with Gasteiger partial charge in [-0.25, -0.2) is 4.79 Å². The van der Waals surface area contributed by atoms with Gasteiger partial charge in [0.25, 0.3) is 5.91 Å². The molecule has 3 aromatic rings. The van der Waals surface area contributed by atoms with Crippen molar-refractivity contribution < 1.29 is 14.3 Å². The van der Waals surface area contributed by atoms with Gasteiger partial charge >= 0.3 is 5.97 Å². The summed E-state index contributed by atoms with van der Waals surface area (Å²) in [7, 11) is 0. The fourth-order valence-electron chi connectivity index (χ4n) is 2.18. The highest BCUT2D eigenvalue weighted by Crippen LogP contribution is 2.30. The van der Waals surface area contributed by atoms with E-state index in [0.29, 0.717) is 15.6 Å². The lowest BCUT2D eigenvalue weighted by atomic mass is 10.2. The summed E-state index contributed by atoms with van der Waals surface area (Å²) in [4.78, 5) is 26.4. The van der Waals surface area contributed by atoms with Crippen LogP contribution in [0.5, 0.6) is 0 Å². The van der Waals surface area contributed by atoms with Gasteiger partial charge in [-0.1, -0.05) is 41.4 Å². The van der Waals surface area contributed by atoms with E-state index in [2.05, 4.69) is 5.32 Å². The van der Waals surface area contributed by atoms with Crippen molar-refractivity contribution >= 4 is 75.1 Å². The van der Waals surface area contributed by atoms with Gasteiger partial charge in [-0.05, 0) is 41.1 Å². The van der Waals surface area contributed by atoms with Gasteiger partial charge in [-0.2, -0.15) is 0 Å². The smallest absolute Gasteiger partial charge is 0.340 e. The molecule has 0 unspecified atom stereocenters. The Morgan fingerprint density at radius 1 is 1.00 bits per heavy atom. The van der Waals surface area contributed by atoms with E-state index in [1.54, 1.807) is 24.3 Å². The number of benzene rings is 1. The number of thiophene rings is 2. The molecule has 0 saturated carbocycles. The number of halogens is 2. The molecule has 0 aliphatic carbocycles. The van der Waals surface area contributed by atoms with Gasteiger partial charge in [0.2, 0.25) is 0 Å². The van der Waals surface area contributed by atoms with E-state index in [-0.39, 0.29) is 5.69 Å². The van der Waals surface area contributed by atoms with E-state index in [1.807, 2.05) is 35.0 Å². The number of esters is 1. The fourth-order valence-corrected chi connectivity index (χ4v) is 4.06. The molecule has 4 nitrogen and oxygen atoms in total. The van der Waals surface area contributed by atoms with Gasteiger partial charge in [0.15, 0.2) is 6.61 Å². The zero-order chi connectivity index (χ0) is 19.2. The fraction of sp³-hybridized carbons (Fsp3) is 0.0526. The van der Waals surface area contributed by atoms with E-state index in [0.717, 1.165) is 9.75 Å². The van der Waals surface area contributed by atoms with Crippen molar-refractivity contribution in [1.29, 1.82) is 0 Å². The quantitative estimate of drug-likeness (QED) is 0.389. The molecule has 1 N–H and O–H groups in total. The SMILES string of the molecule is O=C(COC(=O)/C(=C/c1cccs1)c1cccs1)Nc1c(Cl)cccc1Cl. The highest BCUT2D eigenvalue weighted by atomic mass is 35.5. The Kier molecular flexibility index (Phi) is 6.68. The number of rotatable bonds is 6. The van der Waals surface area contributed by atoms with Crippen molar-refractivity contribution in [3.63, 3.8) is 0 Å². The molecule has 0 spiro atoms. The molecule has 0 atom stereocenters. The van der Waals surface area contributed by atoms with Crippen LogP contribution in [0.1, 0.15) is 9.75 Å². The van der Waals surface area contributed by atoms with Crippen molar-refractivity contribution in [1.82, 2.24) is 0 Å².